The first-order valence-electron chi connectivity index (χ1n) is 12.6. The average molecular weight is 470 g/mol. The number of fused-ring (bicyclic) bond motifs is 1. The summed E-state index contributed by atoms with van der Waals surface area (Å²) in [4.78, 5) is 26.1. The predicted molar refractivity (Wildman–Crippen MR) is 141 cm³/mol. The number of hydrogen-bond donors (Lipinski definition) is 1. The Bertz CT molecular complexity index is 1200. The van der Waals surface area contributed by atoms with Gasteiger partial charge in [-0.2, -0.15) is 0 Å². The van der Waals surface area contributed by atoms with Gasteiger partial charge in [0.1, 0.15) is 5.75 Å². The van der Waals surface area contributed by atoms with E-state index in [4.69, 9.17) is 4.74 Å². The minimum absolute atomic E-state index is 0.0305. The highest BCUT2D eigenvalue weighted by molar-refractivity contribution is 6.09. The number of aryl methyl sites for hydroxylation is 2. The maximum atomic E-state index is 13.1. The highest BCUT2D eigenvalue weighted by atomic mass is 16.5. The summed E-state index contributed by atoms with van der Waals surface area (Å²) in [6.45, 7) is 8.38. The smallest absolute Gasteiger partial charge is 0.265 e. The van der Waals surface area contributed by atoms with Gasteiger partial charge in [0, 0.05) is 16.8 Å². The Balaban J connectivity index is 1.44. The zero-order valence-corrected chi connectivity index (χ0v) is 21.2. The van der Waals surface area contributed by atoms with E-state index in [0.717, 1.165) is 18.6 Å². The Morgan fingerprint density at radius 3 is 2.29 bits per heavy atom. The number of carbonyl (C=O) groups excluding carboxylic acids is 2. The molecule has 0 aromatic heterocycles. The van der Waals surface area contributed by atoms with Gasteiger partial charge in [-0.3, -0.25) is 9.59 Å². The van der Waals surface area contributed by atoms with Gasteiger partial charge in [-0.1, -0.05) is 70.2 Å². The van der Waals surface area contributed by atoms with E-state index in [-0.39, 0.29) is 17.1 Å². The third-order valence-corrected chi connectivity index (χ3v) is 6.67. The van der Waals surface area contributed by atoms with Crippen molar-refractivity contribution in [2.45, 2.75) is 71.3 Å². The van der Waals surface area contributed by atoms with Crippen LogP contribution in [0.3, 0.4) is 0 Å². The van der Waals surface area contributed by atoms with Crippen molar-refractivity contribution in [1.82, 2.24) is 0 Å². The molecule has 1 N–H and O–H groups in total. The van der Waals surface area contributed by atoms with Crippen molar-refractivity contribution in [1.29, 1.82) is 0 Å². The van der Waals surface area contributed by atoms with E-state index in [1.54, 1.807) is 24.3 Å². The predicted octanol–water partition coefficient (Wildman–Crippen LogP) is 6.89. The van der Waals surface area contributed by atoms with E-state index in [9.17, 15) is 9.59 Å². The number of carbonyl (C=O) groups is 2. The molecule has 0 saturated heterocycles. The molecule has 0 heterocycles. The molecule has 1 amide bonds. The first kappa shape index (κ1) is 24.7. The standard InChI is InChI=1S/C31H35NO3/c1-5-28(35-27-18-15-21-9-6-7-10-23(21)20-27)30(34)32-26-12-8-11-24(19-26)29(33)22-13-16-25(17-14-22)31(2,3)4/h8,11-20,28H,5-7,9-10H2,1-4H3,(H,32,34)/t28-/m1/s1. The van der Waals surface area contributed by atoms with E-state index in [1.807, 2.05) is 37.3 Å². The second-order valence-electron chi connectivity index (χ2n) is 10.4. The molecule has 4 heteroatoms. The number of ketones is 1. The summed E-state index contributed by atoms with van der Waals surface area (Å²) in [7, 11) is 0. The molecule has 3 aromatic rings. The molecule has 0 radical (unpaired) electrons. The zero-order valence-electron chi connectivity index (χ0n) is 21.2. The molecule has 1 aliphatic rings. The Kier molecular flexibility index (Phi) is 7.39. The summed E-state index contributed by atoms with van der Waals surface area (Å²) in [6, 6.07) is 21.0. The van der Waals surface area contributed by atoms with Crippen LogP contribution in [0.5, 0.6) is 5.75 Å². The fourth-order valence-corrected chi connectivity index (χ4v) is 4.52. The third-order valence-electron chi connectivity index (χ3n) is 6.67. The topological polar surface area (TPSA) is 55.4 Å². The SMILES string of the molecule is CC[C@@H](Oc1ccc2c(c1)CCCC2)C(=O)Nc1cccc(C(=O)c2ccc(C(C)(C)C)cc2)c1. The number of anilines is 1. The number of ether oxygens (including phenoxy) is 1. The van der Waals surface area contributed by atoms with Gasteiger partial charge >= 0.3 is 0 Å². The molecule has 0 aliphatic heterocycles. The zero-order chi connectivity index (χ0) is 25.0. The lowest BCUT2D eigenvalue weighted by molar-refractivity contribution is -0.122. The largest absolute Gasteiger partial charge is 0.481 e. The van der Waals surface area contributed by atoms with Gasteiger partial charge < -0.3 is 10.1 Å². The van der Waals surface area contributed by atoms with E-state index in [0.29, 0.717) is 23.2 Å². The maximum Gasteiger partial charge on any atom is 0.265 e. The fourth-order valence-electron chi connectivity index (χ4n) is 4.52. The molecule has 0 unspecified atom stereocenters. The van der Waals surface area contributed by atoms with Gasteiger partial charge in [0.05, 0.1) is 0 Å². The van der Waals surface area contributed by atoms with E-state index in [2.05, 4.69) is 38.2 Å². The van der Waals surface area contributed by atoms with Crippen LogP contribution in [0.4, 0.5) is 5.69 Å². The highest BCUT2D eigenvalue weighted by Gasteiger charge is 2.21. The average Bonchev–Trinajstić information content (AvgIpc) is 2.86. The van der Waals surface area contributed by atoms with Gasteiger partial charge in [0.25, 0.3) is 5.91 Å². The number of nitrogens with one attached hydrogen (secondary N) is 1. The van der Waals surface area contributed by atoms with Crippen LogP contribution in [0.2, 0.25) is 0 Å². The number of rotatable bonds is 7. The fraction of sp³-hybridized carbons (Fsp3) is 0.355. The Labute approximate surface area is 208 Å². The van der Waals surface area contributed by atoms with E-state index in [1.165, 1.54) is 29.5 Å². The van der Waals surface area contributed by atoms with Crippen molar-refractivity contribution in [3.8, 4) is 5.75 Å². The molecule has 0 spiro atoms. The van der Waals surface area contributed by atoms with Crippen LogP contribution < -0.4 is 10.1 Å². The molecule has 4 nitrogen and oxygen atoms in total. The van der Waals surface area contributed by atoms with Crippen molar-refractivity contribution < 1.29 is 14.3 Å². The van der Waals surface area contributed by atoms with Crippen molar-refractivity contribution >= 4 is 17.4 Å². The molecular formula is C31H35NO3. The van der Waals surface area contributed by atoms with Crippen LogP contribution in [0.15, 0.2) is 66.7 Å². The lowest BCUT2D eigenvalue weighted by atomic mass is 9.86. The van der Waals surface area contributed by atoms with Crippen LogP contribution in [-0.2, 0) is 23.1 Å². The lowest BCUT2D eigenvalue weighted by Crippen LogP contribution is -2.32. The van der Waals surface area contributed by atoms with Crippen LogP contribution in [0.1, 0.15) is 79.6 Å². The Morgan fingerprint density at radius 2 is 1.60 bits per heavy atom. The first-order valence-corrected chi connectivity index (χ1v) is 12.6. The molecule has 1 aliphatic carbocycles. The van der Waals surface area contributed by atoms with Crippen LogP contribution >= 0.6 is 0 Å². The van der Waals surface area contributed by atoms with Gasteiger partial charge in [0.15, 0.2) is 11.9 Å². The van der Waals surface area contributed by atoms with Crippen molar-refractivity contribution in [3.05, 3.63) is 94.5 Å². The molecule has 0 bridgehead atoms. The molecule has 182 valence electrons. The van der Waals surface area contributed by atoms with Crippen molar-refractivity contribution in [2.75, 3.05) is 5.32 Å². The van der Waals surface area contributed by atoms with Gasteiger partial charge in [0.2, 0.25) is 0 Å². The monoisotopic (exact) mass is 469 g/mol. The summed E-state index contributed by atoms with van der Waals surface area (Å²) in [5, 5.41) is 2.94. The normalized spacial score (nSPS) is 14.1. The lowest BCUT2D eigenvalue weighted by Gasteiger charge is -2.20. The van der Waals surface area contributed by atoms with Crippen LogP contribution in [0, 0.1) is 0 Å². The van der Waals surface area contributed by atoms with Crippen molar-refractivity contribution in [2.24, 2.45) is 0 Å². The van der Waals surface area contributed by atoms with Gasteiger partial charge in [-0.25, -0.2) is 0 Å². The molecule has 4 rings (SSSR count). The minimum Gasteiger partial charge on any atom is -0.481 e. The molecule has 0 fully saturated rings. The summed E-state index contributed by atoms with van der Waals surface area (Å²) in [6.07, 6.45) is 4.54. The minimum atomic E-state index is -0.610. The Morgan fingerprint density at radius 1 is 0.886 bits per heavy atom. The maximum absolute atomic E-state index is 13.1. The molecular weight excluding hydrogens is 434 g/mol. The molecule has 3 aromatic carbocycles. The van der Waals surface area contributed by atoms with Crippen molar-refractivity contribution in [3.63, 3.8) is 0 Å². The molecule has 1 atom stereocenters. The summed E-state index contributed by atoms with van der Waals surface area (Å²) in [5.41, 5.74) is 5.67. The summed E-state index contributed by atoms with van der Waals surface area (Å²) in [5.74, 6) is 0.443. The van der Waals surface area contributed by atoms with Gasteiger partial charge in [-0.05, 0) is 78.5 Å². The Hall–Kier alpha value is -3.40. The highest BCUT2D eigenvalue weighted by Crippen LogP contribution is 2.27. The molecule has 35 heavy (non-hydrogen) atoms. The number of amides is 1. The third kappa shape index (κ3) is 6.00. The number of hydrogen-bond acceptors (Lipinski definition) is 3. The quantitative estimate of drug-likeness (QED) is 0.383. The second kappa shape index (κ2) is 10.5. The van der Waals surface area contributed by atoms with Crippen LogP contribution in [0.25, 0.3) is 0 Å². The van der Waals surface area contributed by atoms with E-state index < -0.39 is 6.10 Å². The second-order valence-corrected chi connectivity index (χ2v) is 10.4. The summed E-state index contributed by atoms with van der Waals surface area (Å²) >= 11 is 0. The van der Waals surface area contributed by atoms with E-state index >= 15 is 0 Å². The molecule has 0 saturated carbocycles. The first-order chi connectivity index (χ1) is 16.7. The van der Waals surface area contributed by atoms with Crippen LogP contribution in [-0.4, -0.2) is 17.8 Å². The number of benzene rings is 3. The van der Waals surface area contributed by atoms with Gasteiger partial charge in [-0.15, -0.1) is 0 Å². The summed E-state index contributed by atoms with van der Waals surface area (Å²) < 4.78 is 6.07.